The third kappa shape index (κ3) is 2.27. The van der Waals surface area contributed by atoms with Crippen molar-refractivity contribution in [3.63, 3.8) is 0 Å². The van der Waals surface area contributed by atoms with Crippen LogP contribution >= 0.6 is 0 Å². The van der Waals surface area contributed by atoms with Gasteiger partial charge in [0.25, 0.3) is 0 Å². The fourth-order valence-corrected chi connectivity index (χ4v) is 3.16. The SMILES string of the molecule is CC12OOC(C)(OO1)C2CCC(=O)N1CCCCC1. The maximum absolute atomic E-state index is 12.2. The van der Waals surface area contributed by atoms with E-state index in [1.165, 1.54) is 6.42 Å². The van der Waals surface area contributed by atoms with Gasteiger partial charge >= 0.3 is 0 Å². The van der Waals surface area contributed by atoms with Crippen molar-refractivity contribution in [1.82, 2.24) is 4.90 Å². The van der Waals surface area contributed by atoms with E-state index in [1.807, 2.05) is 4.90 Å². The summed E-state index contributed by atoms with van der Waals surface area (Å²) in [5, 5.41) is 0. The Hall–Kier alpha value is -0.690. The van der Waals surface area contributed by atoms with E-state index in [1.54, 1.807) is 13.8 Å². The highest BCUT2D eigenvalue weighted by molar-refractivity contribution is 5.76. The summed E-state index contributed by atoms with van der Waals surface area (Å²) in [6, 6.07) is 0. The third-order valence-electron chi connectivity index (χ3n) is 4.37. The number of carbonyl (C=O) groups excluding carboxylic acids is 1. The highest BCUT2D eigenvalue weighted by atomic mass is 17.4. The normalized spacial score (nSPS) is 41.8. The zero-order valence-corrected chi connectivity index (χ0v) is 11.5. The Kier molecular flexibility index (Phi) is 3.29. The van der Waals surface area contributed by atoms with Crippen molar-refractivity contribution in [3.05, 3.63) is 0 Å². The smallest absolute Gasteiger partial charge is 0.239 e. The fraction of sp³-hybridized carbons (Fsp3) is 0.923. The molecule has 0 saturated carbocycles. The molecule has 3 aliphatic heterocycles. The number of likely N-dealkylation sites (tertiary alicyclic amines) is 1. The Bertz CT molecular complexity index is 340. The second-order valence-corrected chi connectivity index (χ2v) is 5.90. The zero-order valence-electron chi connectivity index (χ0n) is 11.5. The van der Waals surface area contributed by atoms with Gasteiger partial charge in [0.05, 0.1) is 5.92 Å². The molecular formula is C13H21NO5. The van der Waals surface area contributed by atoms with Crippen LogP contribution < -0.4 is 0 Å². The van der Waals surface area contributed by atoms with Gasteiger partial charge in [-0.2, -0.15) is 19.6 Å². The Morgan fingerprint density at radius 2 is 1.58 bits per heavy atom. The molecule has 3 fully saturated rings. The predicted octanol–water partition coefficient (Wildman–Crippen LogP) is 1.75. The molecule has 0 aliphatic carbocycles. The Balaban J connectivity index is 1.56. The maximum Gasteiger partial charge on any atom is 0.239 e. The summed E-state index contributed by atoms with van der Waals surface area (Å²) >= 11 is 0. The van der Waals surface area contributed by atoms with Crippen LogP contribution in [0.1, 0.15) is 46.0 Å². The quantitative estimate of drug-likeness (QED) is 0.732. The number of rotatable bonds is 3. The van der Waals surface area contributed by atoms with Gasteiger partial charge in [-0.15, -0.1) is 0 Å². The van der Waals surface area contributed by atoms with Crippen molar-refractivity contribution in [2.45, 2.75) is 57.5 Å². The molecule has 6 nitrogen and oxygen atoms in total. The van der Waals surface area contributed by atoms with Crippen LogP contribution in [0.25, 0.3) is 0 Å². The van der Waals surface area contributed by atoms with Crippen molar-refractivity contribution in [1.29, 1.82) is 0 Å². The second kappa shape index (κ2) is 4.70. The van der Waals surface area contributed by atoms with E-state index >= 15 is 0 Å². The zero-order chi connectivity index (χ0) is 13.5. The molecule has 3 saturated heterocycles. The molecule has 3 aliphatic rings. The van der Waals surface area contributed by atoms with Gasteiger partial charge in [0.1, 0.15) is 0 Å². The lowest BCUT2D eigenvalue weighted by atomic mass is 9.88. The number of nitrogens with zero attached hydrogens (tertiary/aromatic N) is 1. The van der Waals surface area contributed by atoms with Crippen molar-refractivity contribution in [3.8, 4) is 0 Å². The van der Waals surface area contributed by atoms with Gasteiger partial charge < -0.3 is 4.90 Å². The molecule has 19 heavy (non-hydrogen) atoms. The van der Waals surface area contributed by atoms with Gasteiger partial charge in [-0.1, -0.05) is 0 Å². The molecule has 0 aromatic rings. The summed E-state index contributed by atoms with van der Waals surface area (Å²) in [7, 11) is 0. The Morgan fingerprint density at radius 1 is 1.05 bits per heavy atom. The first-order valence-electron chi connectivity index (χ1n) is 7.05. The summed E-state index contributed by atoms with van der Waals surface area (Å²) in [6.07, 6.45) is 4.58. The number of hydrogen-bond acceptors (Lipinski definition) is 5. The largest absolute Gasteiger partial charge is 0.343 e. The first kappa shape index (κ1) is 13.3. The van der Waals surface area contributed by atoms with Gasteiger partial charge in [-0.3, -0.25) is 4.79 Å². The molecule has 0 radical (unpaired) electrons. The molecule has 0 aromatic carbocycles. The molecular weight excluding hydrogens is 250 g/mol. The van der Waals surface area contributed by atoms with E-state index < -0.39 is 11.6 Å². The molecule has 3 heterocycles. The summed E-state index contributed by atoms with van der Waals surface area (Å²) in [5.74, 6) is -1.67. The van der Waals surface area contributed by atoms with Crippen molar-refractivity contribution in [2.24, 2.45) is 5.92 Å². The summed E-state index contributed by atoms with van der Waals surface area (Å²) < 4.78 is 0. The lowest BCUT2D eigenvalue weighted by Crippen LogP contribution is -2.38. The lowest BCUT2D eigenvalue weighted by molar-refractivity contribution is -0.583. The van der Waals surface area contributed by atoms with Crippen LogP contribution in [0.3, 0.4) is 0 Å². The van der Waals surface area contributed by atoms with Crippen molar-refractivity contribution < 1.29 is 24.3 Å². The lowest BCUT2D eigenvalue weighted by Gasteiger charge is -2.27. The highest BCUT2D eigenvalue weighted by Crippen LogP contribution is 2.51. The van der Waals surface area contributed by atoms with Gasteiger partial charge in [-0.25, -0.2) is 0 Å². The van der Waals surface area contributed by atoms with E-state index in [-0.39, 0.29) is 11.8 Å². The van der Waals surface area contributed by atoms with Crippen LogP contribution in [-0.2, 0) is 24.3 Å². The average molecular weight is 271 g/mol. The average Bonchev–Trinajstić information content (AvgIpc) is 2.82. The molecule has 6 heteroatoms. The first-order valence-corrected chi connectivity index (χ1v) is 7.05. The van der Waals surface area contributed by atoms with Crippen LogP contribution in [0.5, 0.6) is 0 Å². The van der Waals surface area contributed by atoms with E-state index in [9.17, 15) is 4.79 Å². The summed E-state index contributed by atoms with van der Waals surface area (Å²) in [5.41, 5.74) is 0. The number of amides is 1. The van der Waals surface area contributed by atoms with Gasteiger partial charge in [0.2, 0.25) is 17.5 Å². The molecule has 1 amide bonds. The van der Waals surface area contributed by atoms with E-state index in [4.69, 9.17) is 19.6 Å². The van der Waals surface area contributed by atoms with Gasteiger partial charge in [0.15, 0.2) is 0 Å². The number of fused-ring (bicyclic) bond motifs is 2. The molecule has 0 N–H and O–H groups in total. The molecule has 3 rings (SSSR count). The Labute approximate surface area is 112 Å². The minimum atomic E-state index is -0.892. The van der Waals surface area contributed by atoms with E-state index in [2.05, 4.69) is 0 Å². The molecule has 0 unspecified atom stereocenters. The monoisotopic (exact) mass is 271 g/mol. The van der Waals surface area contributed by atoms with Gasteiger partial charge in [-0.05, 0) is 39.5 Å². The van der Waals surface area contributed by atoms with Crippen molar-refractivity contribution in [2.75, 3.05) is 13.1 Å². The van der Waals surface area contributed by atoms with E-state index in [0.717, 1.165) is 25.9 Å². The fourth-order valence-electron chi connectivity index (χ4n) is 3.16. The third-order valence-corrected chi connectivity index (χ3v) is 4.37. The molecule has 108 valence electrons. The molecule has 0 spiro atoms. The minimum Gasteiger partial charge on any atom is -0.343 e. The molecule has 2 bridgehead atoms. The van der Waals surface area contributed by atoms with Crippen LogP contribution in [-0.4, -0.2) is 35.5 Å². The maximum atomic E-state index is 12.2. The van der Waals surface area contributed by atoms with Gasteiger partial charge in [0, 0.05) is 19.5 Å². The van der Waals surface area contributed by atoms with Crippen LogP contribution in [0.4, 0.5) is 0 Å². The number of piperidine rings is 1. The molecule has 0 atom stereocenters. The number of hydrogen-bond donors (Lipinski definition) is 0. The first-order chi connectivity index (χ1) is 9.04. The van der Waals surface area contributed by atoms with Crippen LogP contribution in [0.15, 0.2) is 0 Å². The van der Waals surface area contributed by atoms with Crippen LogP contribution in [0.2, 0.25) is 0 Å². The number of carbonyl (C=O) groups is 1. The second-order valence-electron chi connectivity index (χ2n) is 5.90. The standard InChI is InChI=1S/C13H21NO5/c1-12-10(13(2,18-16-12)19-17-12)6-7-11(15)14-8-4-3-5-9-14/h10H,3-9H2,1-2H3. The van der Waals surface area contributed by atoms with E-state index in [0.29, 0.717) is 12.8 Å². The summed E-state index contributed by atoms with van der Waals surface area (Å²) in [6.45, 7) is 5.33. The highest BCUT2D eigenvalue weighted by Gasteiger charge is 2.65. The topological polar surface area (TPSA) is 57.2 Å². The summed E-state index contributed by atoms with van der Waals surface area (Å²) in [4.78, 5) is 34.8. The van der Waals surface area contributed by atoms with Crippen molar-refractivity contribution >= 4 is 5.91 Å². The Morgan fingerprint density at radius 3 is 2.11 bits per heavy atom. The van der Waals surface area contributed by atoms with Crippen LogP contribution in [0, 0.1) is 5.92 Å². The molecule has 0 aromatic heterocycles. The predicted molar refractivity (Wildman–Crippen MR) is 64.3 cm³/mol. The minimum absolute atomic E-state index is 0.0891.